The molecule has 140 valence electrons. The van der Waals surface area contributed by atoms with E-state index in [1.807, 2.05) is 18.2 Å². The summed E-state index contributed by atoms with van der Waals surface area (Å²) in [6, 6.07) is 14.4. The molecule has 0 amide bonds. The molecule has 3 aromatic rings. The summed E-state index contributed by atoms with van der Waals surface area (Å²) in [5, 5.41) is 9.31. The molecule has 27 heavy (non-hydrogen) atoms. The second kappa shape index (κ2) is 8.19. The molecule has 2 heterocycles. The Labute approximate surface area is 167 Å². The zero-order chi connectivity index (χ0) is 18.6. The average molecular weight is 399 g/mol. The molecule has 1 aliphatic rings. The van der Waals surface area contributed by atoms with Gasteiger partial charge in [0, 0.05) is 18.3 Å². The van der Waals surface area contributed by atoms with Crippen molar-refractivity contribution < 1.29 is 4.74 Å². The molecule has 7 heteroatoms. The van der Waals surface area contributed by atoms with E-state index in [0.29, 0.717) is 5.25 Å². The minimum Gasteiger partial charge on any atom is -0.497 e. The van der Waals surface area contributed by atoms with Crippen LogP contribution in [0.15, 0.2) is 47.5 Å². The number of hydrogen-bond acceptors (Lipinski definition) is 6. The van der Waals surface area contributed by atoms with Crippen LogP contribution in [0, 0.1) is 0 Å². The van der Waals surface area contributed by atoms with Crippen molar-refractivity contribution in [3.05, 3.63) is 48.0 Å². The van der Waals surface area contributed by atoms with Gasteiger partial charge >= 0.3 is 0 Å². The zero-order valence-corrected chi connectivity index (χ0v) is 17.0. The maximum atomic E-state index is 5.27. The monoisotopic (exact) mass is 398 g/mol. The second-order valence-corrected chi connectivity index (χ2v) is 8.88. The molecular weight excluding hydrogens is 376 g/mol. The molecular formula is C20H22N4OS2. The minimum absolute atomic E-state index is 0.595. The van der Waals surface area contributed by atoms with Crippen LogP contribution in [0.1, 0.15) is 12.5 Å². The predicted molar refractivity (Wildman–Crippen MR) is 117 cm³/mol. The number of aromatic nitrogens is 1. The number of thiazole rings is 1. The van der Waals surface area contributed by atoms with Gasteiger partial charge in [0.1, 0.15) is 5.75 Å². The number of ether oxygens (including phenoxy) is 1. The molecule has 1 aromatic heterocycles. The molecule has 0 saturated carbocycles. The third kappa shape index (κ3) is 4.54. The smallest absolute Gasteiger partial charge is 0.183 e. The van der Waals surface area contributed by atoms with Crippen molar-refractivity contribution in [1.82, 2.24) is 10.3 Å². The van der Waals surface area contributed by atoms with Crippen molar-refractivity contribution in [2.75, 3.05) is 25.5 Å². The van der Waals surface area contributed by atoms with Crippen LogP contribution < -0.4 is 15.4 Å². The molecule has 4 rings (SSSR count). The fraction of sp³-hybridized carbons (Fsp3) is 0.300. The van der Waals surface area contributed by atoms with Crippen molar-refractivity contribution in [2.45, 2.75) is 18.6 Å². The number of nitrogens with one attached hydrogen (secondary N) is 2. The molecule has 0 aliphatic carbocycles. The first-order valence-corrected chi connectivity index (χ1v) is 10.7. The standard InChI is InChI=1S/C20H22N4OS2/c1-13-12-22-20(26-13)23-15-5-3-14(4-6-15)9-10-21-19-24-17-8-7-16(25-2)11-18(17)27-19/h3-8,11,13H,9-10,12H2,1-2H3,(H,21,24)(H,22,23). The Morgan fingerprint density at radius 1 is 1.26 bits per heavy atom. The van der Waals surface area contributed by atoms with Crippen molar-refractivity contribution in [2.24, 2.45) is 4.99 Å². The van der Waals surface area contributed by atoms with E-state index in [9.17, 15) is 0 Å². The molecule has 1 fully saturated rings. The van der Waals surface area contributed by atoms with Gasteiger partial charge < -0.3 is 15.4 Å². The number of benzene rings is 2. The van der Waals surface area contributed by atoms with Crippen LogP contribution in [0.25, 0.3) is 10.2 Å². The summed E-state index contributed by atoms with van der Waals surface area (Å²) in [5.41, 5.74) is 3.28. The zero-order valence-electron chi connectivity index (χ0n) is 15.4. The van der Waals surface area contributed by atoms with Gasteiger partial charge in [-0.3, -0.25) is 0 Å². The number of anilines is 1. The Bertz CT molecular complexity index is 952. The number of amidine groups is 1. The lowest BCUT2D eigenvalue weighted by Gasteiger charge is -2.04. The molecule has 5 nitrogen and oxygen atoms in total. The fourth-order valence-corrected chi connectivity index (χ4v) is 4.64. The first-order chi connectivity index (χ1) is 13.2. The number of rotatable bonds is 6. The Hall–Kier alpha value is -2.25. The normalized spacial score (nSPS) is 18.0. The van der Waals surface area contributed by atoms with Gasteiger partial charge in [-0.1, -0.05) is 42.2 Å². The van der Waals surface area contributed by atoms with E-state index in [-0.39, 0.29) is 0 Å². The van der Waals surface area contributed by atoms with Crippen molar-refractivity contribution in [3.8, 4) is 5.75 Å². The summed E-state index contributed by atoms with van der Waals surface area (Å²) in [4.78, 5) is 9.27. The van der Waals surface area contributed by atoms with Gasteiger partial charge in [-0.25, -0.2) is 9.98 Å². The lowest BCUT2D eigenvalue weighted by molar-refractivity contribution is 0.415. The Balaban J connectivity index is 1.32. The van der Waals surface area contributed by atoms with E-state index >= 15 is 0 Å². The minimum atomic E-state index is 0.595. The van der Waals surface area contributed by atoms with Gasteiger partial charge in [-0.2, -0.15) is 0 Å². The molecule has 2 aromatic carbocycles. The van der Waals surface area contributed by atoms with Gasteiger partial charge in [0.25, 0.3) is 0 Å². The maximum absolute atomic E-state index is 5.27. The molecule has 0 bridgehead atoms. The molecule has 0 radical (unpaired) electrons. The second-order valence-electron chi connectivity index (χ2n) is 6.42. The Morgan fingerprint density at radius 3 is 2.85 bits per heavy atom. The fourth-order valence-electron chi connectivity index (χ4n) is 2.85. The number of aliphatic imine (C=N–C) groups is 1. The van der Waals surface area contributed by atoms with Crippen LogP contribution in [0.4, 0.5) is 10.8 Å². The van der Waals surface area contributed by atoms with Gasteiger partial charge in [0.15, 0.2) is 10.3 Å². The highest BCUT2D eigenvalue weighted by Crippen LogP contribution is 2.29. The Morgan fingerprint density at radius 2 is 2.11 bits per heavy atom. The lowest BCUT2D eigenvalue weighted by atomic mass is 10.1. The predicted octanol–water partition coefficient (Wildman–Crippen LogP) is 4.67. The summed E-state index contributed by atoms with van der Waals surface area (Å²) >= 11 is 3.45. The van der Waals surface area contributed by atoms with Crippen molar-refractivity contribution in [3.63, 3.8) is 0 Å². The molecule has 1 saturated heterocycles. The first kappa shape index (κ1) is 18.1. The van der Waals surface area contributed by atoms with Crippen molar-refractivity contribution >= 4 is 49.3 Å². The van der Waals surface area contributed by atoms with Crippen LogP contribution in [0.5, 0.6) is 5.75 Å². The number of hydrogen-bond donors (Lipinski definition) is 2. The topological polar surface area (TPSA) is 58.5 Å². The van der Waals surface area contributed by atoms with Gasteiger partial charge in [0.2, 0.25) is 0 Å². The molecule has 2 N–H and O–H groups in total. The highest BCUT2D eigenvalue weighted by Gasteiger charge is 2.15. The summed E-state index contributed by atoms with van der Waals surface area (Å²) < 4.78 is 6.40. The highest BCUT2D eigenvalue weighted by atomic mass is 32.2. The number of fused-ring (bicyclic) bond motifs is 1. The summed E-state index contributed by atoms with van der Waals surface area (Å²) in [7, 11) is 1.68. The molecule has 1 aliphatic heterocycles. The average Bonchev–Trinajstić information content (AvgIpc) is 3.27. The van der Waals surface area contributed by atoms with Gasteiger partial charge in [-0.05, 0) is 42.3 Å². The number of nitrogens with zero attached hydrogens (tertiary/aromatic N) is 2. The van der Waals surface area contributed by atoms with Crippen LogP contribution in [0.2, 0.25) is 0 Å². The number of thioether (sulfide) groups is 1. The van der Waals surface area contributed by atoms with Gasteiger partial charge in [0.05, 0.1) is 23.0 Å². The SMILES string of the molecule is COc1ccc2nc(NCCc3ccc(/N=C4/NCC(C)S4)cc3)sc2c1. The summed E-state index contributed by atoms with van der Waals surface area (Å²) in [5.74, 6) is 0.863. The highest BCUT2D eigenvalue weighted by molar-refractivity contribution is 8.14. The van der Waals surface area contributed by atoms with E-state index in [1.54, 1.807) is 30.2 Å². The van der Waals surface area contributed by atoms with Crippen LogP contribution in [-0.4, -0.2) is 35.6 Å². The number of methoxy groups -OCH3 is 1. The first-order valence-electron chi connectivity index (χ1n) is 8.96. The molecule has 1 atom stereocenters. The van der Waals surface area contributed by atoms with E-state index in [1.165, 1.54) is 5.56 Å². The largest absolute Gasteiger partial charge is 0.497 e. The summed E-state index contributed by atoms with van der Waals surface area (Å²) in [6.45, 7) is 4.05. The van der Waals surface area contributed by atoms with Crippen LogP contribution in [0.3, 0.4) is 0 Å². The quantitative estimate of drug-likeness (QED) is 0.632. The molecule has 1 unspecified atom stereocenters. The molecule has 0 spiro atoms. The third-order valence-electron chi connectivity index (χ3n) is 4.31. The van der Waals surface area contributed by atoms with E-state index < -0.39 is 0 Å². The Kier molecular flexibility index (Phi) is 5.50. The van der Waals surface area contributed by atoms with Gasteiger partial charge in [-0.15, -0.1) is 0 Å². The van der Waals surface area contributed by atoms with Crippen LogP contribution >= 0.6 is 23.1 Å². The van der Waals surface area contributed by atoms with E-state index in [4.69, 9.17) is 4.74 Å². The summed E-state index contributed by atoms with van der Waals surface area (Å²) in [6.07, 6.45) is 0.945. The lowest BCUT2D eigenvalue weighted by Crippen LogP contribution is -2.14. The van der Waals surface area contributed by atoms with E-state index in [0.717, 1.165) is 51.5 Å². The third-order valence-corrected chi connectivity index (χ3v) is 6.31. The van der Waals surface area contributed by atoms with Crippen molar-refractivity contribution in [1.29, 1.82) is 0 Å². The maximum Gasteiger partial charge on any atom is 0.183 e. The van der Waals surface area contributed by atoms with E-state index in [2.05, 4.69) is 51.8 Å². The van der Waals surface area contributed by atoms with Crippen LogP contribution in [-0.2, 0) is 6.42 Å².